The van der Waals surface area contributed by atoms with Gasteiger partial charge in [0.1, 0.15) is 0 Å². The van der Waals surface area contributed by atoms with Gasteiger partial charge in [0.15, 0.2) is 0 Å². The van der Waals surface area contributed by atoms with Gasteiger partial charge < -0.3 is 5.11 Å². The van der Waals surface area contributed by atoms with E-state index in [1.807, 2.05) is 6.92 Å². The van der Waals surface area contributed by atoms with Gasteiger partial charge in [-0.15, -0.1) is 0 Å². The van der Waals surface area contributed by atoms with E-state index in [1.54, 1.807) is 0 Å². The molecule has 0 aliphatic heterocycles. The molecular weight excluding hydrogens is 192 g/mol. The van der Waals surface area contributed by atoms with E-state index in [4.69, 9.17) is 0 Å². The van der Waals surface area contributed by atoms with E-state index in [2.05, 4.69) is 15.9 Å². The van der Waals surface area contributed by atoms with Crippen molar-refractivity contribution in [2.45, 2.75) is 49.5 Å². The van der Waals surface area contributed by atoms with Crippen LogP contribution in [0.25, 0.3) is 0 Å². The van der Waals surface area contributed by atoms with Gasteiger partial charge in [0.05, 0.1) is 5.60 Å². The number of rotatable bonds is 1. The van der Waals surface area contributed by atoms with Crippen LogP contribution in [-0.2, 0) is 0 Å². The molecule has 1 atom stereocenters. The summed E-state index contributed by atoms with van der Waals surface area (Å²) in [6.07, 6.45) is 5.61. The maximum atomic E-state index is 9.90. The summed E-state index contributed by atoms with van der Waals surface area (Å²) in [5.74, 6) is 0. The third kappa shape index (κ3) is 1.73. The van der Waals surface area contributed by atoms with Gasteiger partial charge in [-0.05, 0) is 19.8 Å². The Morgan fingerprint density at radius 1 is 1.30 bits per heavy atom. The largest absolute Gasteiger partial charge is 0.389 e. The summed E-state index contributed by atoms with van der Waals surface area (Å²) < 4.78 is 0. The van der Waals surface area contributed by atoms with E-state index < -0.39 is 5.60 Å². The highest BCUT2D eigenvalue weighted by Crippen LogP contribution is 2.33. The molecular formula is C8H15BrO. The average Bonchev–Trinajstić information content (AvgIpc) is 1.89. The van der Waals surface area contributed by atoms with Crippen LogP contribution in [-0.4, -0.2) is 15.5 Å². The van der Waals surface area contributed by atoms with Gasteiger partial charge in [-0.1, -0.05) is 35.2 Å². The van der Waals surface area contributed by atoms with Crippen molar-refractivity contribution < 1.29 is 5.11 Å². The molecule has 0 amide bonds. The monoisotopic (exact) mass is 206 g/mol. The Morgan fingerprint density at radius 2 is 1.80 bits per heavy atom. The maximum absolute atomic E-state index is 9.90. The van der Waals surface area contributed by atoms with E-state index in [0.29, 0.717) is 0 Å². The second kappa shape index (κ2) is 3.22. The van der Waals surface area contributed by atoms with E-state index in [1.165, 1.54) is 19.3 Å². The van der Waals surface area contributed by atoms with Crippen LogP contribution in [0, 0.1) is 0 Å². The highest BCUT2D eigenvalue weighted by molar-refractivity contribution is 9.09. The lowest BCUT2D eigenvalue weighted by molar-refractivity contribution is 0.00769. The highest BCUT2D eigenvalue weighted by Gasteiger charge is 2.33. The van der Waals surface area contributed by atoms with Crippen LogP contribution in [0.1, 0.15) is 39.0 Å². The molecule has 0 heterocycles. The molecule has 10 heavy (non-hydrogen) atoms. The molecule has 1 aliphatic rings. The fourth-order valence-corrected chi connectivity index (χ4v) is 2.02. The number of hydrogen-bond donors (Lipinski definition) is 1. The van der Waals surface area contributed by atoms with Crippen molar-refractivity contribution in [3.63, 3.8) is 0 Å². The molecule has 2 heteroatoms. The number of halogens is 1. The van der Waals surface area contributed by atoms with Crippen molar-refractivity contribution >= 4 is 15.9 Å². The van der Waals surface area contributed by atoms with Gasteiger partial charge in [-0.3, -0.25) is 0 Å². The number of aliphatic hydroxyl groups is 1. The molecule has 1 N–H and O–H groups in total. The standard InChI is InChI=1S/C8H15BrO/c1-7(9)8(10)5-3-2-4-6-8/h7,10H,2-6H2,1H3. The minimum Gasteiger partial charge on any atom is -0.389 e. The maximum Gasteiger partial charge on any atom is 0.0769 e. The average molecular weight is 207 g/mol. The molecule has 0 aromatic carbocycles. The molecule has 0 radical (unpaired) electrons. The molecule has 1 rings (SSSR count). The quantitative estimate of drug-likeness (QED) is 0.655. The Balaban J connectivity index is 2.48. The van der Waals surface area contributed by atoms with E-state index in [9.17, 15) is 5.11 Å². The summed E-state index contributed by atoms with van der Waals surface area (Å²) in [5, 5.41) is 9.90. The first-order valence-electron chi connectivity index (χ1n) is 4.01. The molecule has 0 aromatic rings. The van der Waals surface area contributed by atoms with E-state index in [0.717, 1.165) is 12.8 Å². The smallest absolute Gasteiger partial charge is 0.0769 e. The summed E-state index contributed by atoms with van der Waals surface area (Å²) in [5.41, 5.74) is -0.405. The SMILES string of the molecule is CC(Br)C1(O)CCCCC1. The van der Waals surface area contributed by atoms with Crippen LogP contribution in [0.3, 0.4) is 0 Å². The minimum atomic E-state index is -0.405. The molecule has 0 saturated heterocycles. The Morgan fingerprint density at radius 3 is 2.10 bits per heavy atom. The summed E-state index contributed by atoms with van der Waals surface area (Å²) in [6, 6.07) is 0. The Kier molecular flexibility index (Phi) is 2.75. The zero-order valence-corrected chi connectivity index (χ0v) is 8.02. The molecule has 1 unspecified atom stereocenters. The van der Waals surface area contributed by atoms with Crippen molar-refractivity contribution in [1.29, 1.82) is 0 Å². The normalized spacial score (nSPS) is 27.9. The molecule has 1 nitrogen and oxygen atoms in total. The van der Waals surface area contributed by atoms with Crippen molar-refractivity contribution in [3.05, 3.63) is 0 Å². The summed E-state index contributed by atoms with van der Waals surface area (Å²) in [4.78, 5) is 0.250. The van der Waals surface area contributed by atoms with Crippen molar-refractivity contribution in [1.82, 2.24) is 0 Å². The second-order valence-corrected chi connectivity index (χ2v) is 4.65. The summed E-state index contributed by atoms with van der Waals surface area (Å²) in [6.45, 7) is 2.03. The van der Waals surface area contributed by atoms with Crippen LogP contribution >= 0.6 is 15.9 Å². The van der Waals surface area contributed by atoms with Gasteiger partial charge in [0, 0.05) is 4.83 Å². The van der Waals surface area contributed by atoms with Crippen LogP contribution in [0.5, 0.6) is 0 Å². The van der Waals surface area contributed by atoms with E-state index in [-0.39, 0.29) is 4.83 Å². The highest BCUT2D eigenvalue weighted by atomic mass is 79.9. The van der Waals surface area contributed by atoms with Crippen molar-refractivity contribution in [3.8, 4) is 0 Å². The zero-order chi connectivity index (χ0) is 7.61. The fourth-order valence-electron chi connectivity index (χ4n) is 1.56. The lowest BCUT2D eigenvalue weighted by atomic mass is 9.83. The van der Waals surface area contributed by atoms with Crippen LogP contribution < -0.4 is 0 Å². The third-order valence-corrected chi connectivity index (χ3v) is 3.31. The first-order chi connectivity index (χ1) is 4.65. The predicted octanol–water partition coefficient (Wildman–Crippen LogP) is 2.47. The van der Waals surface area contributed by atoms with Crippen LogP contribution in [0.2, 0.25) is 0 Å². The lowest BCUT2D eigenvalue weighted by Crippen LogP contribution is -2.38. The van der Waals surface area contributed by atoms with Crippen molar-refractivity contribution in [2.75, 3.05) is 0 Å². The van der Waals surface area contributed by atoms with Gasteiger partial charge in [-0.2, -0.15) is 0 Å². The molecule has 1 fully saturated rings. The summed E-state index contributed by atoms with van der Waals surface area (Å²) >= 11 is 3.44. The molecule has 60 valence electrons. The number of alkyl halides is 1. The van der Waals surface area contributed by atoms with Gasteiger partial charge in [-0.25, -0.2) is 0 Å². The molecule has 1 saturated carbocycles. The fraction of sp³-hybridized carbons (Fsp3) is 1.00. The zero-order valence-electron chi connectivity index (χ0n) is 6.44. The lowest BCUT2D eigenvalue weighted by Gasteiger charge is -2.34. The topological polar surface area (TPSA) is 20.2 Å². The molecule has 0 bridgehead atoms. The predicted molar refractivity (Wildman–Crippen MR) is 46.4 cm³/mol. The minimum absolute atomic E-state index is 0.250. The van der Waals surface area contributed by atoms with E-state index >= 15 is 0 Å². The Bertz CT molecular complexity index is 106. The Labute approximate surface area is 70.9 Å². The third-order valence-electron chi connectivity index (χ3n) is 2.46. The first kappa shape index (κ1) is 8.54. The van der Waals surface area contributed by atoms with Gasteiger partial charge >= 0.3 is 0 Å². The summed E-state index contributed by atoms with van der Waals surface area (Å²) in [7, 11) is 0. The molecule has 0 spiro atoms. The number of hydrogen-bond acceptors (Lipinski definition) is 1. The van der Waals surface area contributed by atoms with Crippen molar-refractivity contribution in [2.24, 2.45) is 0 Å². The Hall–Kier alpha value is 0.440. The molecule has 1 aliphatic carbocycles. The molecule has 0 aromatic heterocycles. The van der Waals surface area contributed by atoms with Crippen LogP contribution in [0.4, 0.5) is 0 Å². The van der Waals surface area contributed by atoms with Gasteiger partial charge in [0.25, 0.3) is 0 Å². The van der Waals surface area contributed by atoms with Crippen LogP contribution in [0.15, 0.2) is 0 Å². The second-order valence-electron chi connectivity index (χ2n) is 3.28. The first-order valence-corrected chi connectivity index (χ1v) is 4.93. The van der Waals surface area contributed by atoms with Gasteiger partial charge in [0.2, 0.25) is 0 Å².